The summed E-state index contributed by atoms with van der Waals surface area (Å²) in [6.45, 7) is 3.98. The van der Waals surface area contributed by atoms with E-state index in [4.69, 9.17) is 4.74 Å². The maximum absolute atomic E-state index is 5.87. The van der Waals surface area contributed by atoms with Crippen LogP contribution in [-0.4, -0.2) is 14.6 Å². The molecule has 5 heteroatoms. The van der Waals surface area contributed by atoms with Crippen molar-refractivity contribution in [3.05, 3.63) is 52.4 Å². The van der Waals surface area contributed by atoms with Crippen LogP contribution in [0.2, 0.25) is 0 Å². The zero-order chi connectivity index (χ0) is 13.4. The molecule has 0 atom stereocenters. The lowest BCUT2D eigenvalue weighted by atomic mass is 10.2. The normalized spacial score (nSPS) is 10.9. The highest BCUT2D eigenvalue weighted by molar-refractivity contribution is 9.10. The zero-order valence-corrected chi connectivity index (χ0v) is 12.2. The molecular weight excluding hydrogens is 306 g/mol. The molecule has 3 aromatic rings. The Morgan fingerprint density at radius 2 is 2.05 bits per heavy atom. The fourth-order valence-electron chi connectivity index (χ4n) is 1.89. The largest absolute Gasteiger partial charge is 0.436 e. The highest BCUT2D eigenvalue weighted by Crippen LogP contribution is 2.31. The van der Waals surface area contributed by atoms with Gasteiger partial charge >= 0.3 is 0 Å². The first-order chi connectivity index (χ1) is 9.13. The molecule has 2 aromatic heterocycles. The number of benzene rings is 1. The van der Waals surface area contributed by atoms with Crippen LogP contribution in [0.1, 0.15) is 11.3 Å². The van der Waals surface area contributed by atoms with Crippen LogP contribution in [-0.2, 0) is 0 Å². The third kappa shape index (κ3) is 2.33. The Labute approximate surface area is 119 Å². The van der Waals surface area contributed by atoms with Gasteiger partial charge in [-0.25, -0.2) is 9.50 Å². The van der Waals surface area contributed by atoms with E-state index in [0.29, 0.717) is 5.88 Å². The number of nitrogens with zero attached hydrogens (tertiary/aromatic N) is 3. The Balaban J connectivity index is 2.05. The summed E-state index contributed by atoms with van der Waals surface area (Å²) in [4.78, 5) is 4.28. The highest BCUT2D eigenvalue weighted by Gasteiger charge is 2.09. The third-order valence-electron chi connectivity index (χ3n) is 2.77. The second-order valence-electron chi connectivity index (χ2n) is 4.38. The topological polar surface area (TPSA) is 39.4 Å². The van der Waals surface area contributed by atoms with Crippen molar-refractivity contribution < 1.29 is 4.74 Å². The predicted molar refractivity (Wildman–Crippen MR) is 76.7 cm³/mol. The minimum atomic E-state index is 0.549. The Hall–Kier alpha value is -1.88. The van der Waals surface area contributed by atoms with Gasteiger partial charge in [0.2, 0.25) is 5.88 Å². The van der Waals surface area contributed by atoms with Crippen molar-refractivity contribution in [2.75, 3.05) is 0 Å². The van der Waals surface area contributed by atoms with Gasteiger partial charge in [0.15, 0.2) is 0 Å². The molecule has 0 aliphatic rings. The maximum Gasteiger partial charge on any atom is 0.245 e. The van der Waals surface area contributed by atoms with Gasteiger partial charge in [-0.05, 0) is 53.5 Å². The first kappa shape index (κ1) is 12.2. The highest BCUT2D eigenvalue weighted by atomic mass is 79.9. The van der Waals surface area contributed by atoms with E-state index in [1.54, 1.807) is 16.9 Å². The van der Waals surface area contributed by atoms with E-state index in [-0.39, 0.29) is 0 Å². The zero-order valence-electron chi connectivity index (χ0n) is 10.6. The molecule has 0 fully saturated rings. The van der Waals surface area contributed by atoms with Crippen LogP contribution < -0.4 is 4.74 Å². The summed E-state index contributed by atoms with van der Waals surface area (Å²) in [5, 5.41) is 4.34. The smallest absolute Gasteiger partial charge is 0.245 e. The number of ether oxygens (including phenoxy) is 1. The molecule has 0 saturated heterocycles. The number of halogens is 1. The summed E-state index contributed by atoms with van der Waals surface area (Å²) < 4.78 is 8.55. The number of fused-ring (bicyclic) bond motifs is 1. The molecule has 0 bridgehead atoms. The van der Waals surface area contributed by atoms with Crippen molar-refractivity contribution >= 4 is 21.4 Å². The summed E-state index contributed by atoms with van der Waals surface area (Å²) in [7, 11) is 0. The Bertz CT molecular complexity index is 752. The molecule has 0 aliphatic carbocycles. The second kappa shape index (κ2) is 4.66. The van der Waals surface area contributed by atoms with E-state index in [1.165, 1.54) is 5.56 Å². The van der Waals surface area contributed by atoms with Crippen LogP contribution in [0.25, 0.3) is 5.52 Å². The van der Waals surface area contributed by atoms with Crippen molar-refractivity contribution in [1.29, 1.82) is 0 Å². The average Bonchev–Trinajstić information content (AvgIpc) is 2.74. The minimum Gasteiger partial charge on any atom is -0.436 e. The predicted octanol–water partition coefficient (Wildman–Crippen LogP) is 3.90. The lowest BCUT2D eigenvalue weighted by molar-refractivity contribution is 0.462. The molecule has 0 spiro atoms. The molecular formula is C14H12BrN3O. The van der Waals surface area contributed by atoms with Crippen molar-refractivity contribution in [1.82, 2.24) is 14.6 Å². The molecule has 0 unspecified atom stereocenters. The van der Waals surface area contributed by atoms with E-state index in [9.17, 15) is 0 Å². The molecule has 2 heterocycles. The standard InChI is InChI=1S/C14H12BrN3O/c1-9-3-4-13(11(15)7-9)19-14-12-8-10(2)17-18(12)6-5-16-14/h3-8H,1-2H3. The molecule has 0 N–H and O–H groups in total. The van der Waals surface area contributed by atoms with E-state index >= 15 is 0 Å². The van der Waals surface area contributed by atoms with Gasteiger partial charge in [-0.15, -0.1) is 0 Å². The number of aryl methyl sites for hydroxylation is 2. The van der Waals surface area contributed by atoms with Crippen molar-refractivity contribution in [2.45, 2.75) is 13.8 Å². The van der Waals surface area contributed by atoms with E-state index in [1.807, 2.05) is 38.1 Å². The van der Waals surface area contributed by atoms with Crippen LogP contribution in [0.5, 0.6) is 11.6 Å². The fraction of sp³-hybridized carbons (Fsp3) is 0.143. The summed E-state index contributed by atoms with van der Waals surface area (Å²) in [6, 6.07) is 7.89. The monoisotopic (exact) mass is 317 g/mol. The maximum atomic E-state index is 5.87. The first-order valence-corrected chi connectivity index (χ1v) is 6.68. The Morgan fingerprint density at radius 1 is 1.21 bits per heavy atom. The van der Waals surface area contributed by atoms with Gasteiger partial charge in [-0.2, -0.15) is 5.10 Å². The molecule has 0 aliphatic heterocycles. The minimum absolute atomic E-state index is 0.549. The van der Waals surface area contributed by atoms with E-state index in [2.05, 4.69) is 26.0 Å². The quantitative estimate of drug-likeness (QED) is 0.719. The molecule has 19 heavy (non-hydrogen) atoms. The molecule has 3 rings (SSSR count). The molecule has 1 aromatic carbocycles. The molecule has 4 nitrogen and oxygen atoms in total. The number of rotatable bonds is 2. The Kier molecular flexibility index (Phi) is 2.98. The van der Waals surface area contributed by atoms with Gasteiger partial charge in [0.25, 0.3) is 0 Å². The third-order valence-corrected chi connectivity index (χ3v) is 3.39. The molecule has 0 amide bonds. The molecule has 0 saturated carbocycles. The summed E-state index contributed by atoms with van der Waals surface area (Å²) in [5.74, 6) is 1.29. The second-order valence-corrected chi connectivity index (χ2v) is 5.24. The van der Waals surface area contributed by atoms with Crippen molar-refractivity contribution in [2.24, 2.45) is 0 Å². The van der Waals surface area contributed by atoms with Crippen LogP contribution in [0.15, 0.2) is 41.1 Å². The van der Waals surface area contributed by atoms with Gasteiger partial charge in [-0.1, -0.05) is 6.07 Å². The molecule has 0 radical (unpaired) electrons. The van der Waals surface area contributed by atoms with Crippen LogP contribution in [0.3, 0.4) is 0 Å². The summed E-state index contributed by atoms with van der Waals surface area (Å²) in [5.41, 5.74) is 2.96. The van der Waals surface area contributed by atoms with Gasteiger partial charge < -0.3 is 4.74 Å². The lowest BCUT2D eigenvalue weighted by Gasteiger charge is -2.08. The van der Waals surface area contributed by atoms with Crippen LogP contribution in [0.4, 0.5) is 0 Å². The number of aromatic nitrogens is 3. The average molecular weight is 318 g/mol. The van der Waals surface area contributed by atoms with Crippen LogP contribution >= 0.6 is 15.9 Å². The van der Waals surface area contributed by atoms with Gasteiger partial charge in [0.1, 0.15) is 11.3 Å². The van der Waals surface area contributed by atoms with Gasteiger partial charge in [0, 0.05) is 12.4 Å². The van der Waals surface area contributed by atoms with Crippen LogP contribution in [0, 0.1) is 13.8 Å². The number of hydrogen-bond acceptors (Lipinski definition) is 3. The summed E-state index contributed by atoms with van der Waals surface area (Å²) >= 11 is 3.50. The van der Waals surface area contributed by atoms with E-state index < -0.39 is 0 Å². The lowest BCUT2D eigenvalue weighted by Crippen LogP contribution is -1.94. The SMILES string of the molecule is Cc1ccc(Oc2nccn3nc(C)cc23)c(Br)c1. The first-order valence-electron chi connectivity index (χ1n) is 5.88. The number of hydrogen-bond donors (Lipinski definition) is 0. The summed E-state index contributed by atoms with van der Waals surface area (Å²) in [6.07, 6.45) is 3.48. The van der Waals surface area contributed by atoms with Gasteiger partial charge in [-0.3, -0.25) is 0 Å². The van der Waals surface area contributed by atoms with Gasteiger partial charge in [0.05, 0.1) is 10.2 Å². The van der Waals surface area contributed by atoms with Crippen molar-refractivity contribution in [3.63, 3.8) is 0 Å². The Morgan fingerprint density at radius 3 is 2.84 bits per heavy atom. The van der Waals surface area contributed by atoms with Crippen molar-refractivity contribution in [3.8, 4) is 11.6 Å². The fourth-order valence-corrected chi connectivity index (χ4v) is 2.47. The van der Waals surface area contributed by atoms with E-state index in [0.717, 1.165) is 21.4 Å². The molecule has 96 valence electrons.